The van der Waals surface area contributed by atoms with Crippen molar-refractivity contribution in [2.45, 2.75) is 51.6 Å². The molecule has 0 saturated heterocycles. The second-order valence-electron chi connectivity index (χ2n) is 7.05. The zero-order valence-corrected chi connectivity index (χ0v) is 14.7. The van der Waals surface area contributed by atoms with Crippen LogP contribution in [0.5, 0.6) is 0 Å². The fourth-order valence-electron chi connectivity index (χ4n) is 3.47. The number of benzene rings is 1. The Bertz CT molecular complexity index is 820. The number of carbonyl (C=O) groups is 1. The maximum Gasteiger partial charge on any atom is 0.324 e. The zero-order chi connectivity index (χ0) is 16.9. The van der Waals surface area contributed by atoms with Gasteiger partial charge in [-0.25, -0.2) is 9.78 Å². The maximum absolute atomic E-state index is 12.4. The second kappa shape index (κ2) is 5.57. The number of urea groups is 1. The van der Waals surface area contributed by atoms with Crippen molar-refractivity contribution in [1.82, 2.24) is 4.98 Å². The minimum atomic E-state index is -0.996. The molecule has 3 N–H and O–H groups in total. The Kier molecular flexibility index (Phi) is 3.62. The molecule has 5 nitrogen and oxygen atoms in total. The van der Waals surface area contributed by atoms with Crippen LogP contribution in [0.2, 0.25) is 0 Å². The molecule has 0 unspecified atom stereocenters. The molecule has 1 aromatic carbocycles. The van der Waals surface area contributed by atoms with Crippen molar-refractivity contribution in [3.63, 3.8) is 0 Å². The Balaban J connectivity index is 1.53. The molecule has 0 atom stereocenters. The average molecular weight is 343 g/mol. The molecule has 126 valence electrons. The third-order valence-electron chi connectivity index (χ3n) is 4.75. The van der Waals surface area contributed by atoms with E-state index in [1.54, 1.807) is 20.0 Å². The molecule has 1 heterocycles. The van der Waals surface area contributed by atoms with Crippen LogP contribution in [0.15, 0.2) is 12.3 Å². The number of aromatic nitrogens is 1. The largest absolute Gasteiger partial charge is 0.383 e. The summed E-state index contributed by atoms with van der Waals surface area (Å²) in [5, 5.41) is 17.1. The number of aryl methyl sites for hydroxylation is 2. The monoisotopic (exact) mass is 343 g/mol. The molecule has 2 aliphatic rings. The topological polar surface area (TPSA) is 74.2 Å². The molecule has 4 rings (SSSR count). The predicted molar refractivity (Wildman–Crippen MR) is 95.9 cm³/mol. The summed E-state index contributed by atoms with van der Waals surface area (Å²) >= 11 is 1.29. The number of hydrogen-bond acceptors (Lipinski definition) is 4. The van der Waals surface area contributed by atoms with E-state index < -0.39 is 5.60 Å². The molecule has 0 radical (unpaired) electrons. The van der Waals surface area contributed by atoms with Crippen molar-refractivity contribution in [3.8, 4) is 0 Å². The molecule has 2 amide bonds. The van der Waals surface area contributed by atoms with E-state index in [0.717, 1.165) is 37.8 Å². The normalized spacial score (nSPS) is 15.5. The van der Waals surface area contributed by atoms with Gasteiger partial charge in [-0.2, -0.15) is 0 Å². The van der Waals surface area contributed by atoms with Crippen molar-refractivity contribution in [2.24, 2.45) is 0 Å². The first kappa shape index (κ1) is 15.6. The molecule has 0 bridgehead atoms. The molecule has 0 aliphatic heterocycles. The van der Waals surface area contributed by atoms with Crippen molar-refractivity contribution in [2.75, 3.05) is 10.6 Å². The summed E-state index contributed by atoms with van der Waals surface area (Å²) in [5.41, 5.74) is 5.41. The highest BCUT2D eigenvalue weighted by Gasteiger charge is 2.27. The molecular weight excluding hydrogens is 322 g/mol. The highest BCUT2D eigenvalue weighted by atomic mass is 32.1. The van der Waals surface area contributed by atoms with Gasteiger partial charge >= 0.3 is 6.03 Å². The summed E-state index contributed by atoms with van der Waals surface area (Å²) in [6, 6.07) is 2.08. The van der Waals surface area contributed by atoms with Crippen LogP contribution < -0.4 is 10.6 Å². The summed E-state index contributed by atoms with van der Waals surface area (Å²) < 4.78 is 0. The number of fused-ring (bicyclic) bond motifs is 2. The van der Waals surface area contributed by atoms with Crippen LogP contribution in [0.25, 0.3) is 0 Å². The van der Waals surface area contributed by atoms with E-state index >= 15 is 0 Å². The summed E-state index contributed by atoms with van der Waals surface area (Å²) in [6.45, 7) is 3.37. The number of thiazole rings is 1. The molecule has 0 fully saturated rings. The Morgan fingerprint density at radius 2 is 1.92 bits per heavy atom. The lowest BCUT2D eigenvalue weighted by Crippen LogP contribution is -2.23. The molecule has 2 aliphatic carbocycles. The summed E-state index contributed by atoms with van der Waals surface area (Å²) in [5.74, 6) is 0. The standard InChI is InChI=1S/C18H21N3O2S/c1-18(2,23)16-19-9-14(24-16)20-17(22)21-15-12-5-3-4-10(12)8-11-6-7-13(11)15/h8-9,23H,3-7H2,1-2H3,(H2,20,21,22). The molecular formula is C18H21N3O2S. The number of nitrogens with zero attached hydrogens (tertiary/aromatic N) is 1. The summed E-state index contributed by atoms with van der Waals surface area (Å²) in [6.07, 6.45) is 7.07. The van der Waals surface area contributed by atoms with Gasteiger partial charge in [0.25, 0.3) is 0 Å². The van der Waals surface area contributed by atoms with Crippen LogP contribution in [-0.4, -0.2) is 16.1 Å². The Morgan fingerprint density at radius 3 is 2.58 bits per heavy atom. The van der Waals surface area contributed by atoms with Gasteiger partial charge < -0.3 is 10.4 Å². The third-order valence-corrected chi connectivity index (χ3v) is 5.97. The number of anilines is 2. The van der Waals surface area contributed by atoms with Gasteiger partial charge in [-0.15, -0.1) is 0 Å². The highest BCUT2D eigenvalue weighted by Crippen LogP contribution is 2.39. The van der Waals surface area contributed by atoms with Crippen molar-refractivity contribution in [1.29, 1.82) is 0 Å². The third kappa shape index (κ3) is 2.70. The van der Waals surface area contributed by atoms with Crippen molar-refractivity contribution < 1.29 is 9.90 Å². The van der Waals surface area contributed by atoms with Crippen LogP contribution >= 0.6 is 11.3 Å². The van der Waals surface area contributed by atoms with Gasteiger partial charge in [0.1, 0.15) is 15.6 Å². The SMILES string of the molecule is CC(C)(O)c1ncc(NC(=O)Nc2c3c(cc4c2CC4)CCC3)s1. The minimum absolute atomic E-state index is 0.240. The van der Waals surface area contributed by atoms with Gasteiger partial charge in [0, 0.05) is 5.69 Å². The van der Waals surface area contributed by atoms with Crippen molar-refractivity contribution in [3.05, 3.63) is 39.5 Å². The first-order valence-corrected chi connectivity index (χ1v) is 9.16. The van der Waals surface area contributed by atoms with Crippen LogP contribution in [0, 0.1) is 0 Å². The minimum Gasteiger partial charge on any atom is -0.383 e. The smallest absolute Gasteiger partial charge is 0.324 e. The second-order valence-corrected chi connectivity index (χ2v) is 8.08. The first-order valence-electron chi connectivity index (χ1n) is 8.35. The first-order chi connectivity index (χ1) is 11.4. The number of carbonyl (C=O) groups excluding carboxylic acids is 1. The number of amides is 2. The lowest BCUT2D eigenvalue weighted by atomic mass is 9.83. The zero-order valence-electron chi connectivity index (χ0n) is 13.9. The lowest BCUT2D eigenvalue weighted by Gasteiger charge is -2.26. The molecule has 24 heavy (non-hydrogen) atoms. The van der Waals surface area contributed by atoms with E-state index in [4.69, 9.17) is 0 Å². The number of nitrogens with one attached hydrogen (secondary N) is 2. The molecule has 1 aromatic heterocycles. The lowest BCUT2D eigenvalue weighted by molar-refractivity contribution is 0.0783. The van der Waals surface area contributed by atoms with Crippen LogP contribution in [0.1, 0.15) is 47.5 Å². The Hall–Kier alpha value is -1.92. The van der Waals surface area contributed by atoms with E-state index in [1.807, 2.05) is 0 Å². The number of rotatable bonds is 3. The van der Waals surface area contributed by atoms with Crippen LogP contribution in [0.3, 0.4) is 0 Å². The van der Waals surface area contributed by atoms with Crippen LogP contribution in [0.4, 0.5) is 15.5 Å². The fourth-order valence-corrected chi connectivity index (χ4v) is 4.28. The van der Waals surface area contributed by atoms with Crippen LogP contribution in [-0.2, 0) is 31.3 Å². The summed E-state index contributed by atoms with van der Waals surface area (Å²) in [7, 11) is 0. The highest BCUT2D eigenvalue weighted by molar-refractivity contribution is 7.16. The number of hydrogen-bond donors (Lipinski definition) is 3. The predicted octanol–water partition coefficient (Wildman–Crippen LogP) is 3.60. The molecule has 0 saturated carbocycles. The Labute approximate surface area is 145 Å². The van der Waals surface area contributed by atoms with Gasteiger partial charge in [0.05, 0.1) is 6.20 Å². The van der Waals surface area contributed by atoms with E-state index in [1.165, 1.54) is 33.6 Å². The van der Waals surface area contributed by atoms with Gasteiger partial charge in [0.2, 0.25) is 0 Å². The number of aliphatic hydroxyl groups is 1. The summed E-state index contributed by atoms with van der Waals surface area (Å²) in [4.78, 5) is 16.6. The van der Waals surface area contributed by atoms with Gasteiger partial charge in [-0.05, 0) is 68.2 Å². The molecule has 0 spiro atoms. The fraction of sp³-hybridized carbons (Fsp3) is 0.444. The van der Waals surface area contributed by atoms with E-state index in [9.17, 15) is 9.90 Å². The van der Waals surface area contributed by atoms with E-state index in [-0.39, 0.29) is 6.03 Å². The maximum atomic E-state index is 12.4. The van der Waals surface area contributed by atoms with Gasteiger partial charge in [-0.1, -0.05) is 17.4 Å². The molecule has 2 aromatic rings. The quantitative estimate of drug-likeness (QED) is 0.797. The Morgan fingerprint density at radius 1 is 1.17 bits per heavy atom. The molecule has 6 heteroatoms. The van der Waals surface area contributed by atoms with Gasteiger partial charge in [0.15, 0.2) is 0 Å². The van der Waals surface area contributed by atoms with Crippen molar-refractivity contribution >= 4 is 28.1 Å². The van der Waals surface area contributed by atoms with E-state index in [0.29, 0.717) is 10.0 Å². The van der Waals surface area contributed by atoms with E-state index in [2.05, 4.69) is 21.7 Å². The average Bonchev–Trinajstić information content (AvgIpc) is 3.10. The van der Waals surface area contributed by atoms with Gasteiger partial charge in [-0.3, -0.25) is 5.32 Å².